The first-order valence-corrected chi connectivity index (χ1v) is 4.35. The maximum atomic E-state index is 9.53. The average molecular weight is 157 g/mol. The summed E-state index contributed by atoms with van der Waals surface area (Å²) in [6, 6.07) is 0. The summed E-state index contributed by atoms with van der Waals surface area (Å²) in [6.07, 6.45) is 2.85. The van der Waals surface area contributed by atoms with Crippen molar-refractivity contribution in [3.05, 3.63) is 6.61 Å². The van der Waals surface area contributed by atoms with Crippen molar-refractivity contribution in [3.63, 3.8) is 0 Å². The molecule has 1 radical (unpaired) electrons. The number of ether oxygens (including phenoxy) is 1. The van der Waals surface area contributed by atoms with Gasteiger partial charge in [-0.05, 0) is 32.1 Å². The van der Waals surface area contributed by atoms with E-state index in [0.29, 0.717) is 5.92 Å². The zero-order valence-electron chi connectivity index (χ0n) is 7.29. The third kappa shape index (κ3) is 2.46. The zero-order valence-corrected chi connectivity index (χ0v) is 7.29. The van der Waals surface area contributed by atoms with Crippen LogP contribution in [0.15, 0.2) is 0 Å². The molecule has 0 heterocycles. The van der Waals surface area contributed by atoms with Gasteiger partial charge in [0.1, 0.15) is 0 Å². The minimum absolute atomic E-state index is 0.0520. The van der Waals surface area contributed by atoms with Gasteiger partial charge in [-0.1, -0.05) is 6.92 Å². The molecule has 3 unspecified atom stereocenters. The highest BCUT2D eigenvalue weighted by molar-refractivity contribution is 4.78. The van der Waals surface area contributed by atoms with Gasteiger partial charge in [0.2, 0.25) is 0 Å². The lowest BCUT2D eigenvalue weighted by Crippen LogP contribution is -2.34. The van der Waals surface area contributed by atoms with Crippen LogP contribution in [0.1, 0.15) is 33.1 Å². The molecule has 0 aromatic carbocycles. The molecule has 1 fully saturated rings. The Bertz CT molecular complexity index is 114. The van der Waals surface area contributed by atoms with E-state index >= 15 is 0 Å². The highest BCUT2D eigenvalue weighted by Gasteiger charge is 2.26. The maximum absolute atomic E-state index is 9.53. The first-order chi connectivity index (χ1) is 5.24. The number of aliphatic hydroxyl groups is 1. The van der Waals surface area contributed by atoms with Crippen LogP contribution < -0.4 is 0 Å². The van der Waals surface area contributed by atoms with E-state index in [1.165, 1.54) is 6.42 Å². The van der Waals surface area contributed by atoms with E-state index in [1.54, 1.807) is 6.61 Å². The zero-order chi connectivity index (χ0) is 8.27. The molecule has 0 aromatic heterocycles. The second kappa shape index (κ2) is 4.07. The van der Waals surface area contributed by atoms with Gasteiger partial charge in [-0.15, -0.1) is 0 Å². The van der Waals surface area contributed by atoms with Gasteiger partial charge in [0.15, 0.2) is 0 Å². The molecular formula is C9H17O2. The Hall–Kier alpha value is -0.0800. The first kappa shape index (κ1) is 9.01. The van der Waals surface area contributed by atoms with Crippen LogP contribution in [-0.4, -0.2) is 17.3 Å². The second-order valence-corrected chi connectivity index (χ2v) is 3.40. The van der Waals surface area contributed by atoms with Gasteiger partial charge in [-0.2, -0.15) is 0 Å². The van der Waals surface area contributed by atoms with Crippen LogP contribution in [0.25, 0.3) is 0 Å². The third-order valence-electron chi connectivity index (χ3n) is 2.33. The summed E-state index contributed by atoms with van der Waals surface area (Å²) >= 11 is 0. The van der Waals surface area contributed by atoms with E-state index < -0.39 is 0 Å². The molecule has 1 rings (SSSR count). The summed E-state index contributed by atoms with van der Waals surface area (Å²) in [6.45, 7) is 5.70. The predicted molar refractivity (Wildman–Crippen MR) is 43.9 cm³/mol. The summed E-state index contributed by atoms with van der Waals surface area (Å²) in [4.78, 5) is 0. The quantitative estimate of drug-likeness (QED) is 0.661. The first-order valence-electron chi connectivity index (χ1n) is 4.35. The van der Waals surface area contributed by atoms with E-state index in [0.717, 1.165) is 12.8 Å². The SMILES string of the molecule is C[CH]OC1CCC(C)CC1O. The Kier molecular flexibility index (Phi) is 3.34. The summed E-state index contributed by atoms with van der Waals surface area (Å²) < 4.78 is 5.27. The molecule has 1 saturated carbocycles. The van der Waals surface area contributed by atoms with E-state index in [-0.39, 0.29) is 12.2 Å². The predicted octanol–water partition coefficient (Wildman–Crippen LogP) is 1.73. The topological polar surface area (TPSA) is 29.5 Å². The molecule has 2 heteroatoms. The van der Waals surface area contributed by atoms with Gasteiger partial charge in [0.25, 0.3) is 0 Å². The van der Waals surface area contributed by atoms with Crippen molar-refractivity contribution in [1.82, 2.24) is 0 Å². The van der Waals surface area contributed by atoms with Crippen molar-refractivity contribution in [2.75, 3.05) is 0 Å². The highest BCUT2D eigenvalue weighted by atomic mass is 16.5. The van der Waals surface area contributed by atoms with Crippen molar-refractivity contribution >= 4 is 0 Å². The standard InChI is InChI=1S/C9H17O2/c1-3-11-9-5-4-7(2)6-8(9)10/h3,7-10H,4-6H2,1-2H3. The molecule has 0 bridgehead atoms. The van der Waals surface area contributed by atoms with Gasteiger partial charge in [-0.25, -0.2) is 0 Å². The summed E-state index contributed by atoms with van der Waals surface area (Å²) in [5.74, 6) is 0.654. The molecule has 65 valence electrons. The summed E-state index contributed by atoms with van der Waals surface area (Å²) in [7, 11) is 0. The summed E-state index contributed by atoms with van der Waals surface area (Å²) in [5, 5.41) is 9.53. The minimum atomic E-state index is -0.255. The molecule has 0 aromatic rings. The fourth-order valence-corrected chi connectivity index (χ4v) is 1.66. The molecule has 11 heavy (non-hydrogen) atoms. The van der Waals surface area contributed by atoms with Crippen LogP contribution in [0.3, 0.4) is 0 Å². The fraction of sp³-hybridized carbons (Fsp3) is 0.889. The summed E-state index contributed by atoms with van der Waals surface area (Å²) in [5.41, 5.74) is 0. The van der Waals surface area contributed by atoms with Crippen molar-refractivity contribution < 1.29 is 9.84 Å². The van der Waals surface area contributed by atoms with Crippen LogP contribution in [-0.2, 0) is 4.74 Å². The van der Waals surface area contributed by atoms with Crippen molar-refractivity contribution in [3.8, 4) is 0 Å². The van der Waals surface area contributed by atoms with Crippen molar-refractivity contribution in [2.24, 2.45) is 5.92 Å². The number of hydrogen-bond donors (Lipinski definition) is 1. The normalized spacial score (nSPS) is 39.0. The number of hydrogen-bond acceptors (Lipinski definition) is 2. The smallest absolute Gasteiger partial charge is 0.0839 e. The average Bonchev–Trinajstić information content (AvgIpc) is 1.95. The molecule has 0 amide bonds. The van der Waals surface area contributed by atoms with Gasteiger partial charge in [0, 0.05) is 0 Å². The number of rotatable bonds is 2. The lowest BCUT2D eigenvalue weighted by atomic mass is 9.87. The Morgan fingerprint density at radius 3 is 2.73 bits per heavy atom. The molecule has 0 saturated heterocycles. The molecule has 2 nitrogen and oxygen atoms in total. The molecule has 3 atom stereocenters. The Morgan fingerprint density at radius 1 is 1.45 bits per heavy atom. The molecule has 1 aliphatic carbocycles. The number of aliphatic hydroxyl groups excluding tert-OH is 1. The maximum Gasteiger partial charge on any atom is 0.0839 e. The second-order valence-electron chi connectivity index (χ2n) is 3.40. The Morgan fingerprint density at radius 2 is 2.18 bits per heavy atom. The fourth-order valence-electron chi connectivity index (χ4n) is 1.66. The molecular weight excluding hydrogens is 140 g/mol. The molecule has 1 aliphatic rings. The van der Waals surface area contributed by atoms with Gasteiger partial charge in [-0.3, -0.25) is 0 Å². The molecule has 0 spiro atoms. The van der Waals surface area contributed by atoms with Crippen molar-refractivity contribution in [1.29, 1.82) is 0 Å². The monoisotopic (exact) mass is 157 g/mol. The highest BCUT2D eigenvalue weighted by Crippen LogP contribution is 2.26. The van der Waals surface area contributed by atoms with Crippen LogP contribution in [0, 0.1) is 12.5 Å². The van der Waals surface area contributed by atoms with Crippen LogP contribution in [0.4, 0.5) is 0 Å². The van der Waals surface area contributed by atoms with Crippen molar-refractivity contribution in [2.45, 2.75) is 45.3 Å². The molecule has 0 aliphatic heterocycles. The largest absolute Gasteiger partial charge is 0.390 e. The van der Waals surface area contributed by atoms with Crippen LogP contribution >= 0.6 is 0 Å². The van der Waals surface area contributed by atoms with E-state index in [1.807, 2.05) is 6.92 Å². The Labute approximate surface area is 68.6 Å². The van der Waals surface area contributed by atoms with Gasteiger partial charge < -0.3 is 9.84 Å². The van der Waals surface area contributed by atoms with Gasteiger partial charge in [0.05, 0.1) is 18.8 Å². The van der Waals surface area contributed by atoms with Gasteiger partial charge >= 0.3 is 0 Å². The lowest BCUT2D eigenvalue weighted by Gasteiger charge is -2.30. The lowest BCUT2D eigenvalue weighted by molar-refractivity contribution is -0.0442. The van der Waals surface area contributed by atoms with Crippen LogP contribution in [0.2, 0.25) is 0 Å². The molecule has 1 N–H and O–H groups in total. The minimum Gasteiger partial charge on any atom is -0.390 e. The Balaban J connectivity index is 2.31. The van der Waals surface area contributed by atoms with E-state index in [9.17, 15) is 5.11 Å². The van der Waals surface area contributed by atoms with Crippen LogP contribution in [0.5, 0.6) is 0 Å². The van der Waals surface area contributed by atoms with E-state index in [2.05, 4.69) is 6.92 Å². The third-order valence-corrected chi connectivity index (χ3v) is 2.33. The van der Waals surface area contributed by atoms with E-state index in [4.69, 9.17) is 4.74 Å².